The molecule has 5 heteroatoms. The predicted molar refractivity (Wildman–Crippen MR) is 60.9 cm³/mol. The minimum absolute atomic E-state index is 0.0584. The van der Waals surface area contributed by atoms with Crippen LogP contribution in [0.3, 0.4) is 0 Å². The molecule has 1 aliphatic rings. The van der Waals surface area contributed by atoms with E-state index in [1.165, 1.54) is 0 Å². The van der Waals surface area contributed by atoms with Gasteiger partial charge in [0.2, 0.25) is 0 Å². The molecule has 1 aromatic rings. The first kappa shape index (κ1) is 11.0. The SMILES string of the molecule is NNC(c1ncccc1Br)C1CCOC1. The van der Waals surface area contributed by atoms with Crippen molar-refractivity contribution >= 4 is 15.9 Å². The lowest BCUT2D eigenvalue weighted by Crippen LogP contribution is -2.34. The fraction of sp³-hybridized carbons (Fsp3) is 0.500. The summed E-state index contributed by atoms with van der Waals surface area (Å²) >= 11 is 3.49. The molecule has 4 nitrogen and oxygen atoms in total. The van der Waals surface area contributed by atoms with E-state index in [0.29, 0.717) is 5.92 Å². The van der Waals surface area contributed by atoms with Crippen LogP contribution in [0.4, 0.5) is 0 Å². The van der Waals surface area contributed by atoms with Crippen LogP contribution in [0, 0.1) is 5.92 Å². The van der Waals surface area contributed by atoms with Crippen molar-refractivity contribution in [2.24, 2.45) is 11.8 Å². The molecular weight excluding hydrogens is 258 g/mol. The lowest BCUT2D eigenvalue weighted by atomic mass is 9.96. The fourth-order valence-electron chi connectivity index (χ4n) is 1.88. The topological polar surface area (TPSA) is 60.2 Å². The first-order valence-electron chi connectivity index (χ1n) is 4.97. The number of nitrogens with one attached hydrogen (secondary N) is 1. The van der Waals surface area contributed by atoms with Crippen molar-refractivity contribution < 1.29 is 4.74 Å². The summed E-state index contributed by atoms with van der Waals surface area (Å²) in [5, 5.41) is 0. The number of nitrogens with two attached hydrogens (primary N) is 1. The number of hydrogen-bond acceptors (Lipinski definition) is 4. The van der Waals surface area contributed by atoms with Crippen LogP contribution in [0.25, 0.3) is 0 Å². The van der Waals surface area contributed by atoms with Gasteiger partial charge in [0.25, 0.3) is 0 Å². The molecule has 0 radical (unpaired) electrons. The molecule has 3 N–H and O–H groups in total. The van der Waals surface area contributed by atoms with Gasteiger partial charge in [-0.3, -0.25) is 16.3 Å². The number of hydrazine groups is 1. The summed E-state index contributed by atoms with van der Waals surface area (Å²) in [6.07, 6.45) is 2.80. The standard InChI is InChI=1S/C10H14BrN3O/c11-8-2-1-4-13-10(8)9(14-12)7-3-5-15-6-7/h1-2,4,7,9,14H,3,5-6,12H2. The Kier molecular flexibility index (Phi) is 3.69. The summed E-state index contributed by atoms with van der Waals surface area (Å²) in [6, 6.07) is 3.93. The maximum Gasteiger partial charge on any atom is 0.0732 e. The van der Waals surface area contributed by atoms with Crippen molar-refractivity contribution in [3.63, 3.8) is 0 Å². The quantitative estimate of drug-likeness (QED) is 0.644. The van der Waals surface area contributed by atoms with Crippen LogP contribution in [-0.2, 0) is 4.74 Å². The van der Waals surface area contributed by atoms with Crippen LogP contribution in [0.1, 0.15) is 18.2 Å². The van der Waals surface area contributed by atoms with E-state index >= 15 is 0 Å². The van der Waals surface area contributed by atoms with E-state index in [-0.39, 0.29) is 6.04 Å². The van der Waals surface area contributed by atoms with Crippen LogP contribution in [0.5, 0.6) is 0 Å². The Hall–Kier alpha value is -0.490. The van der Waals surface area contributed by atoms with Crippen LogP contribution in [0.15, 0.2) is 22.8 Å². The Balaban J connectivity index is 2.22. The fourth-order valence-corrected chi connectivity index (χ4v) is 2.38. The second-order valence-corrected chi connectivity index (χ2v) is 4.49. The minimum atomic E-state index is 0.0584. The van der Waals surface area contributed by atoms with Crippen molar-refractivity contribution in [1.82, 2.24) is 10.4 Å². The van der Waals surface area contributed by atoms with E-state index in [4.69, 9.17) is 10.6 Å². The van der Waals surface area contributed by atoms with Gasteiger partial charge in [-0.25, -0.2) is 0 Å². The first-order chi connectivity index (χ1) is 7.33. The molecule has 1 fully saturated rings. The molecule has 0 aliphatic carbocycles. The molecular formula is C10H14BrN3O. The van der Waals surface area contributed by atoms with Gasteiger partial charge in [-0.1, -0.05) is 0 Å². The number of nitrogens with zero attached hydrogens (tertiary/aromatic N) is 1. The Morgan fingerprint density at radius 1 is 1.67 bits per heavy atom. The van der Waals surface area contributed by atoms with E-state index in [1.807, 2.05) is 12.1 Å². The molecule has 2 heterocycles. The Morgan fingerprint density at radius 3 is 3.13 bits per heavy atom. The van der Waals surface area contributed by atoms with Crippen molar-refractivity contribution in [2.75, 3.05) is 13.2 Å². The number of ether oxygens (including phenoxy) is 1. The molecule has 0 spiro atoms. The second kappa shape index (κ2) is 5.03. The molecule has 0 amide bonds. The lowest BCUT2D eigenvalue weighted by Gasteiger charge is -2.21. The van der Waals surface area contributed by atoms with Gasteiger partial charge < -0.3 is 4.74 Å². The third kappa shape index (κ3) is 2.36. The molecule has 1 saturated heterocycles. The van der Waals surface area contributed by atoms with E-state index in [0.717, 1.165) is 29.8 Å². The van der Waals surface area contributed by atoms with E-state index < -0.39 is 0 Å². The molecule has 15 heavy (non-hydrogen) atoms. The van der Waals surface area contributed by atoms with Crippen LogP contribution < -0.4 is 11.3 Å². The highest BCUT2D eigenvalue weighted by atomic mass is 79.9. The maximum absolute atomic E-state index is 5.59. The number of halogens is 1. The highest BCUT2D eigenvalue weighted by molar-refractivity contribution is 9.10. The van der Waals surface area contributed by atoms with Crippen LogP contribution >= 0.6 is 15.9 Å². The molecule has 1 aliphatic heterocycles. The summed E-state index contributed by atoms with van der Waals surface area (Å²) < 4.78 is 6.35. The third-order valence-corrected chi connectivity index (χ3v) is 3.37. The zero-order chi connectivity index (χ0) is 10.7. The lowest BCUT2D eigenvalue weighted by molar-refractivity contribution is 0.176. The molecule has 2 unspecified atom stereocenters. The normalized spacial score (nSPS) is 22.9. The molecule has 1 aromatic heterocycles. The second-order valence-electron chi connectivity index (χ2n) is 3.64. The molecule has 2 atom stereocenters. The molecule has 82 valence electrons. The minimum Gasteiger partial charge on any atom is -0.381 e. The maximum atomic E-state index is 5.59. The van der Waals surface area contributed by atoms with Crippen molar-refractivity contribution in [3.8, 4) is 0 Å². The van der Waals surface area contributed by atoms with Gasteiger partial charge in [-0.2, -0.15) is 0 Å². The van der Waals surface area contributed by atoms with Crippen molar-refractivity contribution in [3.05, 3.63) is 28.5 Å². The van der Waals surface area contributed by atoms with E-state index in [9.17, 15) is 0 Å². The molecule has 0 aromatic carbocycles. The summed E-state index contributed by atoms with van der Waals surface area (Å²) in [4.78, 5) is 4.35. The third-order valence-electron chi connectivity index (χ3n) is 2.70. The Morgan fingerprint density at radius 2 is 2.53 bits per heavy atom. The predicted octanol–water partition coefficient (Wildman–Crippen LogP) is 1.38. The van der Waals surface area contributed by atoms with Gasteiger partial charge in [0.15, 0.2) is 0 Å². The summed E-state index contributed by atoms with van der Waals surface area (Å²) in [6.45, 7) is 1.56. The highest BCUT2D eigenvalue weighted by Crippen LogP contribution is 2.30. The molecule has 2 rings (SSSR count). The van der Waals surface area contributed by atoms with E-state index in [1.54, 1.807) is 6.20 Å². The highest BCUT2D eigenvalue weighted by Gasteiger charge is 2.28. The van der Waals surface area contributed by atoms with Gasteiger partial charge in [0.1, 0.15) is 0 Å². The summed E-state index contributed by atoms with van der Waals surface area (Å²) in [5.41, 5.74) is 3.78. The average Bonchev–Trinajstić information content (AvgIpc) is 2.75. The van der Waals surface area contributed by atoms with Gasteiger partial charge in [0, 0.05) is 23.2 Å². The largest absolute Gasteiger partial charge is 0.381 e. The molecule has 0 saturated carbocycles. The van der Waals surface area contributed by atoms with Crippen LogP contribution in [-0.4, -0.2) is 18.2 Å². The average molecular weight is 272 g/mol. The first-order valence-corrected chi connectivity index (χ1v) is 5.76. The molecule has 0 bridgehead atoms. The van der Waals surface area contributed by atoms with Gasteiger partial charge in [-0.05, 0) is 34.5 Å². The monoisotopic (exact) mass is 271 g/mol. The number of rotatable bonds is 3. The smallest absolute Gasteiger partial charge is 0.0732 e. The number of pyridine rings is 1. The summed E-state index contributed by atoms with van der Waals surface area (Å²) in [7, 11) is 0. The van der Waals surface area contributed by atoms with Crippen molar-refractivity contribution in [2.45, 2.75) is 12.5 Å². The Labute approximate surface area is 97.3 Å². The zero-order valence-corrected chi connectivity index (χ0v) is 9.90. The van der Waals surface area contributed by atoms with Gasteiger partial charge in [0.05, 0.1) is 18.3 Å². The number of aromatic nitrogens is 1. The number of hydrogen-bond donors (Lipinski definition) is 2. The van der Waals surface area contributed by atoms with Gasteiger partial charge in [-0.15, -0.1) is 0 Å². The van der Waals surface area contributed by atoms with Crippen molar-refractivity contribution in [1.29, 1.82) is 0 Å². The Bertz CT molecular complexity index is 328. The van der Waals surface area contributed by atoms with Gasteiger partial charge >= 0.3 is 0 Å². The van der Waals surface area contributed by atoms with Crippen LogP contribution in [0.2, 0.25) is 0 Å². The zero-order valence-electron chi connectivity index (χ0n) is 8.32. The summed E-state index contributed by atoms with van der Waals surface area (Å²) in [5.74, 6) is 5.99. The van der Waals surface area contributed by atoms with E-state index in [2.05, 4.69) is 26.3 Å².